The average molecular weight is 236 g/mol. The molecule has 0 fully saturated rings. The monoisotopic (exact) mass is 236 g/mol. The van der Waals surface area contributed by atoms with Crippen molar-refractivity contribution in [3.05, 3.63) is 72.0 Å². The number of halogens is 1. The highest BCUT2D eigenvalue weighted by atomic mass is 19.1. The van der Waals surface area contributed by atoms with Gasteiger partial charge in [-0.1, -0.05) is 54.6 Å². The number of hydrogen-bond acceptors (Lipinski definition) is 0. The Labute approximate surface area is 106 Å². The van der Waals surface area contributed by atoms with Gasteiger partial charge in [-0.05, 0) is 34.9 Å². The van der Waals surface area contributed by atoms with E-state index in [9.17, 15) is 4.39 Å². The second-order valence-corrected chi connectivity index (χ2v) is 4.46. The molecule has 0 radical (unpaired) electrons. The molecule has 0 unspecified atom stereocenters. The normalized spacial score (nSPS) is 10.8. The molecule has 0 aliphatic heterocycles. The molecule has 3 rings (SSSR count). The van der Waals surface area contributed by atoms with E-state index in [0.29, 0.717) is 5.56 Å². The largest absolute Gasteiger partial charge is 0.206 e. The van der Waals surface area contributed by atoms with Crippen LogP contribution in [0.15, 0.2) is 60.7 Å². The van der Waals surface area contributed by atoms with Crippen LogP contribution in [0.2, 0.25) is 0 Å². The van der Waals surface area contributed by atoms with Crippen molar-refractivity contribution in [1.82, 2.24) is 0 Å². The van der Waals surface area contributed by atoms with Crippen molar-refractivity contribution in [2.75, 3.05) is 0 Å². The summed E-state index contributed by atoms with van der Waals surface area (Å²) < 4.78 is 13.9. The Morgan fingerprint density at radius 3 is 2.17 bits per heavy atom. The summed E-state index contributed by atoms with van der Waals surface area (Å²) in [6.07, 6.45) is 0. The molecule has 0 aliphatic carbocycles. The summed E-state index contributed by atoms with van der Waals surface area (Å²) in [6, 6.07) is 19.1. The first-order valence-electron chi connectivity index (χ1n) is 6.00. The maximum atomic E-state index is 13.9. The van der Waals surface area contributed by atoms with E-state index in [1.54, 1.807) is 6.07 Å². The van der Waals surface area contributed by atoms with E-state index in [0.717, 1.165) is 16.3 Å². The lowest BCUT2D eigenvalue weighted by atomic mass is 9.95. The smallest absolute Gasteiger partial charge is 0.131 e. The van der Waals surface area contributed by atoms with Gasteiger partial charge >= 0.3 is 0 Å². The lowest BCUT2D eigenvalue weighted by Crippen LogP contribution is -1.87. The van der Waals surface area contributed by atoms with Crippen LogP contribution < -0.4 is 0 Å². The summed E-state index contributed by atoms with van der Waals surface area (Å²) in [5.74, 6) is -0.173. The van der Waals surface area contributed by atoms with E-state index in [1.807, 2.05) is 30.3 Å². The van der Waals surface area contributed by atoms with Crippen LogP contribution >= 0.6 is 0 Å². The van der Waals surface area contributed by atoms with Crippen molar-refractivity contribution in [3.63, 3.8) is 0 Å². The molecule has 0 atom stereocenters. The minimum atomic E-state index is -0.173. The summed E-state index contributed by atoms with van der Waals surface area (Å²) in [6.45, 7) is 2.06. The quantitative estimate of drug-likeness (QED) is 0.560. The Morgan fingerprint density at radius 2 is 1.39 bits per heavy atom. The molecular formula is C17H13F. The van der Waals surface area contributed by atoms with Crippen LogP contribution in [0.5, 0.6) is 0 Å². The van der Waals surface area contributed by atoms with E-state index >= 15 is 0 Å². The standard InChI is InChI=1S/C17H13F/c1-12-6-4-7-13-8-5-10-15(17(12)13)14-9-2-3-11-16(14)18/h2-11H,1H3. The van der Waals surface area contributed by atoms with Gasteiger partial charge < -0.3 is 0 Å². The van der Waals surface area contributed by atoms with Gasteiger partial charge in [0.15, 0.2) is 0 Å². The maximum absolute atomic E-state index is 13.9. The van der Waals surface area contributed by atoms with Gasteiger partial charge in [0, 0.05) is 5.56 Å². The fraction of sp³-hybridized carbons (Fsp3) is 0.0588. The van der Waals surface area contributed by atoms with Gasteiger partial charge in [0.25, 0.3) is 0 Å². The summed E-state index contributed by atoms with van der Waals surface area (Å²) in [5.41, 5.74) is 2.80. The van der Waals surface area contributed by atoms with Gasteiger partial charge in [-0.3, -0.25) is 0 Å². The minimum Gasteiger partial charge on any atom is -0.206 e. The molecule has 0 saturated heterocycles. The predicted octanol–water partition coefficient (Wildman–Crippen LogP) is 4.95. The number of benzene rings is 3. The van der Waals surface area contributed by atoms with E-state index in [1.165, 1.54) is 11.6 Å². The van der Waals surface area contributed by atoms with E-state index < -0.39 is 0 Å². The Balaban J connectivity index is 2.40. The second-order valence-electron chi connectivity index (χ2n) is 4.46. The Hall–Kier alpha value is -2.15. The molecule has 0 aliphatic rings. The van der Waals surface area contributed by atoms with Crippen molar-refractivity contribution in [2.45, 2.75) is 6.92 Å². The molecule has 0 nitrogen and oxygen atoms in total. The van der Waals surface area contributed by atoms with Gasteiger partial charge in [-0.15, -0.1) is 0 Å². The van der Waals surface area contributed by atoms with Crippen LogP contribution in [0.25, 0.3) is 21.9 Å². The van der Waals surface area contributed by atoms with Crippen LogP contribution in [-0.4, -0.2) is 0 Å². The lowest BCUT2D eigenvalue weighted by molar-refractivity contribution is 0.631. The molecule has 0 bridgehead atoms. The highest BCUT2D eigenvalue weighted by Crippen LogP contribution is 2.32. The van der Waals surface area contributed by atoms with Crippen LogP contribution in [0.4, 0.5) is 4.39 Å². The SMILES string of the molecule is Cc1cccc2cccc(-c3ccccc3F)c12. The lowest BCUT2D eigenvalue weighted by Gasteiger charge is -2.10. The molecule has 0 heterocycles. The molecule has 3 aromatic carbocycles. The number of rotatable bonds is 1. The van der Waals surface area contributed by atoms with Crippen molar-refractivity contribution in [1.29, 1.82) is 0 Å². The first-order valence-corrected chi connectivity index (χ1v) is 6.00. The number of fused-ring (bicyclic) bond motifs is 1. The first kappa shape index (κ1) is 11.0. The van der Waals surface area contributed by atoms with Gasteiger partial charge in [-0.25, -0.2) is 4.39 Å². The average Bonchev–Trinajstić information content (AvgIpc) is 2.39. The predicted molar refractivity (Wildman–Crippen MR) is 74.1 cm³/mol. The third kappa shape index (κ3) is 1.68. The Bertz CT molecular complexity index is 708. The molecule has 3 aromatic rings. The first-order chi connectivity index (χ1) is 8.77. The third-order valence-electron chi connectivity index (χ3n) is 3.28. The molecule has 88 valence electrons. The molecule has 0 spiro atoms. The van der Waals surface area contributed by atoms with E-state index in [-0.39, 0.29) is 5.82 Å². The molecule has 0 aromatic heterocycles. The summed E-state index contributed by atoms with van der Waals surface area (Å²) >= 11 is 0. The molecule has 0 N–H and O–H groups in total. The number of aryl methyl sites for hydroxylation is 1. The van der Waals surface area contributed by atoms with E-state index in [2.05, 4.69) is 25.1 Å². The Morgan fingerprint density at radius 1 is 0.722 bits per heavy atom. The van der Waals surface area contributed by atoms with Crippen molar-refractivity contribution in [3.8, 4) is 11.1 Å². The van der Waals surface area contributed by atoms with Crippen LogP contribution in [0.1, 0.15) is 5.56 Å². The van der Waals surface area contributed by atoms with Gasteiger partial charge in [0.2, 0.25) is 0 Å². The summed E-state index contributed by atoms with van der Waals surface area (Å²) in [4.78, 5) is 0. The van der Waals surface area contributed by atoms with Crippen molar-refractivity contribution < 1.29 is 4.39 Å². The van der Waals surface area contributed by atoms with Crippen molar-refractivity contribution >= 4 is 10.8 Å². The zero-order chi connectivity index (χ0) is 12.5. The van der Waals surface area contributed by atoms with Gasteiger partial charge in [0.05, 0.1) is 0 Å². The fourth-order valence-electron chi connectivity index (χ4n) is 2.43. The fourth-order valence-corrected chi connectivity index (χ4v) is 2.43. The zero-order valence-electron chi connectivity index (χ0n) is 10.2. The van der Waals surface area contributed by atoms with Gasteiger partial charge in [0.1, 0.15) is 5.82 Å². The van der Waals surface area contributed by atoms with E-state index in [4.69, 9.17) is 0 Å². The molecule has 0 amide bonds. The highest BCUT2D eigenvalue weighted by Gasteiger charge is 2.09. The topological polar surface area (TPSA) is 0 Å². The molecule has 0 saturated carbocycles. The summed E-state index contributed by atoms with van der Waals surface area (Å²) in [5, 5.41) is 2.28. The van der Waals surface area contributed by atoms with Crippen LogP contribution in [-0.2, 0) is 0 Å². The molecule has 18 heavy (non-hydrogen) atoms. The second kappa shape index (κ2) is 4.26. The van der Waals surface area contributed by atoms with Crippen molar-refractivity contribution in [2.24, 2.45) is 0 Å². The highest BCUT2D eigenvalue weighted by molar-refractivity contribution is 5.98. The third-order valence-corrected chi connectivity index (χ3v) is 3.28. The van der Waals surface area contributed by atoms with Gasteiger partial charge in [-0.2, -0.15) is 0 Å². The molecule has 1 heteroatoms. The van der Waals surface area contributed by atoms with Crippen LogP contribution in [0, 0.1) is 12.7 Å². The van der Waals surface area contributed by atoms with Crippen LogP contribution in [0.3, 0.4) is 0 Å². The number of hydrogen-bond donors (Lipinski definition) is 0. The maximum Gasteiger partial charge on any atom is 0.131 e. The molecular weight excluding hydrogens is 223 g/mol. The summed E-state index contributed by atoms with van der Waals surface area (Å²) in [7, 11) is 0. The zero-order valence-corrected chi connectivity index (χ0v) is 10.2. The minimum absolute atomic E-state index is 0.173. The Kier molecular flexibility index (Phi) is 2.60.